The van der Waals surface area contributed by atoms with Crippen molar-refractivity contribution in [3.05, 3.63) is 70.8 Å². The summed E-state index contributed by atoms with van der Waals surface area (Å²) in [5, 5.41) is 18.2. The Morgan fingerprint density at radius 3 is 1.79 bits per heavy atom. The molecule has 20 heteroatoms. The van der Waals surface area contributed by atoms with Crippen LogP contribution in [0.25, 0.3) is 0 Å². The van der Waals surface area contributed by atoms with E-state index in [1.165, 1.54) is 20.9 Å². The van der Waals surface area contributed by atoms with Crippen molar-refractivity contribution >= 4 is 55.2 Å². The predicted octanol–water partition coefficient (Wildman–Crippen LogP) is 1.29. The highest BCUT2D eigenvalue weighted by Gasteiger charge is 2.47. The van der Waals surface area contributed by atoms with Gasteiger partial charge in [-0.05, 0) is 133 Å². The normalized spacial score (nSPS) is 23.0. The van der Waals surface area contributed by atoms with E-state index in [0.717, 1.165) is 49.7 Å². The number of rotatable bonds is 21. The first-order valence-electron chi connectivity index (χ1n) is 27.2. The highest BCUT2D eigenvalue weighted by atomic mass is 16.2. The molecule has 0 aromatic heterocycles. The van der Waals surface area contributed by atoms with E-state index in [1.807, 2.05) is 57.2 Å². The third-order valence-electron chi connectivity index (χ3n) is 15.7. The zero-order chi connectivity index (χ0) is 54.7. The van der Waals surface area contributed by atoms with E-state index in [1.54, 1.807) is 52.7 Å². The SMILES string of the molecule is BN(C)[C@@H](C)C(=O)N[C@@H](CCCNC(=O)CCCC(=O)N[C@H]1C[C@@H](C(=O)N[C@@H]2CCCc3ccccc32)N(C(=O)[C@@H](NC(=O)[C@H](C)N(C)C)C(C)(C)C)C1)C(=O)N1C[C@@H](N)C[C@H]1C(=O)N[C@@H]1CCCc2ccccc21. The molecule has 2 aliphatic carbocycles. The van der Waals surface area contributed by atoms with Crippen molar-refractivity contribution in [3.8, 4) is 0 Å². The number of hydrogen-bond acceptors (Lipinski definition) is 11. The van der Waals surface area contributed by atoms with E-state index in [0.29, 0.717) is 6.42 Å². The Labute approximate surface area is 444 Å². The molecule has 2 aromatic rings. The lowest BCUT2D eigenvalue weighted by Gasteiger charge is -2.37. The molecule has 2 heterocycles. The number of likely N-dealkylation sites (tertiary alicyclic amines) is 2. The number of aryl methyl sites for hydroxylation is 2. The second-order valence-electron chi connectivity index (χ2n) is 22.8. The lowest BCUT2D eigenvalue weighted by Crippen LogP contribution is -2.59. The summed E-state index contributed by atoms with van der Waals surface area (Å²) in [6.45, 7) is 9.49. The molecule has 2 fully saturated rings. The van der Waals surface area contributed by atoms with Crippen LogP contribution in [-0.2, 0) is 51.2 Å². The molecule has 10 atom stereocenters. The summed E-state index contributed by atoms with van der Waals surface area (Å²) in [6.07, 6.45) is 6.51. The number of benzene rings is 2. The van der Waals surface area contributed by atoms with Gasteiger partial charge in [0.1, 0.15) is 24.2 Å². The third kappa shape index (κ3) is 15.4. The standard InChI is InChI=1S/C55H84BN11O8/c1-33(64(6)7)49(70)63-48(55(3,4)5)54(75)67-32-38(30-45(67)52(73)61-42-24-14-20-36-18-10-12-22-40(36)42)59-47(69)27-15-26-46(68)58-28-16-25-43(62-50(71)34(2)65(8)56)53(74)66-31-37(57)29-44(66)51(72)60-41-23-13-19-35-17-9-11-21-39(35)41/h9-12,17-18,21-22,33-34,37-38,41-45,48H,13-16,19-20,23-32,56-57H2,1-8H3,(H,58,68)(H,59,69)(H,60,72)(H,61,73)(H,62,71)(H,63,70)/t33-,34-,37-,38-,41+,42+,43-,44-,45-,48+/m0/s1. The van der Waals surface area contributed by atoms with Crippen molar-refractivity contribution in [1.82, 2.24) is 51.4 Å². The van der Waals surface area contributed by atoms with E-state index in [9.17, 15) is 38.4 Å². The molecule has 75 heavy (non-hydrogen) atoms. The van der Waals surface area contributed by atoms with Gasteiger partial charge in [-0.25, -0.2) is 0 Å². The Morgan fingerprint density at radius 2 is 1.23 bits per heavy atom. The molecule has 0 spiro atoms. The first kappa shape index (κ1) is 58.4. The largest absolute Gasteiger partial charge is 0.356 e. The number of carbonyl (C=O) groups is 8. The summed E-state index contributed by atoms with van der Waals surface area (Å²) in [5.41, 5.74) is 10.2. The van der Waals surface area contributed by atoms with Crippen LogP contribution in [0, 0.1) is 5.41 Å². The second kappa shape index (κ2) is 26.3. The Bertz CT molecular complexity index is 2380. The topological polar surface area (TPSA) is 248 Å². The van der Waals surface area contributed by atoms with Gasteiger partial charge >= 0.3 is 0 Å². The van der Waals surface area contributed by atoms with E-state index < -0.39 is 65.6 Å². The van der Waals surface area contributed by atoms with Gasteiger partial charge < -0.3 is 52.2 Å². The molecule has 8 N–H and O–H groups in total. The van der Waals surface area contributed by atoms with Crippen LogP contribution in [0.2, 0.25) is 0 Å². The molecule has 410 valence electrons. The molecule has 4 aliphatic rings. The second-order valence-corrected chi connectivity index (χ2v) is 22.8. The molecule has 2 aromatic carbocycles. The summed E-state index contributed by atoms with van der Waals surface area (Å²) in [4.78, 5) is 117. The Kier molecular flexibility index (Phi) is 20.5. The fourth-order valence-corrected chi connectivity index (χ4v) is 10.8. The molecule has 2 aliphatic heterocycles. The maximum absolute atomic E-state index is 14.6. The van der Waals surface area contributed by atoms with E-state index in [4.69, 9.17) is 5.73 Å². The van der Waals surface area contributed by atoms with Crippen LogP contribution in [0.5, 0.6) is 0 Å². The van der Waals surface area contributed by atoms with Crippen LogP contribution in [-0.4, -0.2) is 164 Å². The molecule has 0 radical (unpaired) electrons. The van der Waals surface area contributed by atoms with Gasteiger partial charge in [0.15, 0.2) is 7.98 Å². The molecular formula is C55H84BN11O8. The van der Waals surface area contributed by atoms with E-state index in [-0.39, 0.29) is 106 Å². The number of carbonyl (C=O) groups excluding carboxylic acids is 8. The first-order valence-corrected chi connectivity index (χ1v) is 27.2. The fourth-order valence-electron chi connectivity index (χ4n) is 10.8. The van der Waals surface area contributed by atoms with Crippen LogP contribution >= 0.6 is 0 Å². The number of likely N-dealkylation sites (N-methyl/N-ethyl adjacent to an activating group) is 2. The van der Waals surface area contributed by atoms with Gasteiger partial charge in [0, 0.05) is 44.6 Å². The molecular weight excluding hydrogens is 953 g/mol. The van der Waals surface area contributed by atoms with Gasteiger partial charge in [-0.3, -0.25) is 43.3 Å². The predicted molar refractivity (Wildman–Crippen MR) is 289 cm³/mol. The van der Waals surface area contributed by atoms with E-state index >= 15 is 0 Å². The van der Waals surface area contributed by atoms with Gasteiger partial charge in [-0.15, -0.1) is 0 Å². The van der Waals surface area contributed by atoms with Gasteiger partial charge in [0.2, 0.25) is 47.3 Å². The molecule has 2 saturated heterocycles. The number of nitrogens with one attached hydrogen (secondary N) is 6. The minimum atomic E-state index is -0.974. The van der Waals surface area contributed by atoms with Crippen molar-refractivity contribution in [2.75, 3.05) is 40.8 Å². The Hall–Kier alpha value is -5.86. The quantitative estimate of drug-likeness (QED) is 0.0694. The summed E-state index contributed by atoms with van der Waals surface area (Å²) in [6, 6.07) is 10.0. The fraction of sp³-hybridized carbons (Fsp3) is 0.636. The van der Waals surface area contributed by atoms with Gasteiger partial charge in [-0.2, -0.15) is 0 Å². The van der Waals surface area contributed by atoms with Gasteiger partial charge in [-0.1, -0.05) is 69.3 Å². The molecule has 19 nitrogen and oxygen atoms in total. The van der Waals surface area contributed by atoms with Crippen molar-refractivity contribution in [2.24, 2.45) is 11.1 Å². The highest BCUT2D eigenvalue weighted by molar-refractivity contribution is 6.06. The minimum absolute atomic E-state index is 0.0172. The van der Waals surface area contributed by atoms with Crippen LogP contribution in [0.3, 0.4) is 0 Å². The maximum atomic E-state index is 14.6. The number of fused-ring (bicyclic) bond motifs is 2. The highest BCUT2D eigenvalue weighted by Crippen LogP contribution is 2.33. The monoisotopic (exact) mass is 1040 g/mol. The van der Waals surface area contributed by atoms with Crippen LogP contribution < -0.4 is 37.6 Å². The summed E-state index contributed by atoms with van der Waals surface area (Å²) < 4.78 is 0. The summed E-state index contributed by atoms with van der Waals surface area (Å²) in [7, 11) is 7.10. The number of amides is 8. The third-order valence-corrected chi connectivity index (χ3v) is 15.7. The van der Waals surface area contributed by atoms with Crippen molar-refractivity contribution in [2.45, 2.75) is 179 Å². The molecule has 6 rings (SSSR count). The van der Waals surface area contributed by atoms with Gasteiger partial charge in [0.05, 0.1) is 24.2 Å². The first-order chi connectivity index (χ1) is 35.5. The molecule has 8 amide bonds. The maximum Gasteiger partial charge on any atom is 0.246 e. The lowest BCUT2D eigenvalue weighted by molar-refractivity contribution is -0.144. The molecule has 0 bridgehead atoms. The van der Waals surface area contributed by atoms with Crippen LogP contribution in [0.1, 0.15) is 140 Å². The van der Waals surface area contributed by atoms with Crippen molar-refractivity contribution < 1.29 is 38.4 Å². The average molecular weight is 1040 g/mol. The zero-order valence-electron chi connectivity index (χ0n) is 45.8. The van der Waals surface area contributed by atoms with Crippen molar-refractivity contribution in [3.63, 3.8) is 0 Å². The lowest BCUT2D eigenvalue weighted by atomic mass is 9.85. The number of hydrogen-bond donors (Lipinski definition) is 7. The zero-order valence-corrected chi connectivity index (χ0v) is 45.8. The molecule has 0 unspecified atom stereocenters. The number of nitrogens with two attached hydrogens (primary N) is 1. The Balaban J connectivity index is 1.03. The smallest absolute Gasteiger partial charge is 0.246 e. The van der Waals surface area contributed by atoms with Crippen molar-refractivity contribution in [1.29, 1.82) is 0 Å². The van der Waals surface area contributed by atoms with E-state index in [2.05, 4.69) is 44.0 Å². The summed E-state index contributed by atoms with van der Waals surface area (Å²) >= 11 is 0. The Morgan fingerprint density at radius 1 is 0.693 bits per heavy atom. The van der Waals surface area contributed by atoms with Gasteiger partial charge in [0.25, 0.3) is 0 Å². The average Bonchev–Trinajstić information content (AvgIpc) is 3.99. The van der Waals surface area contributed by atoms with Crippen LogP contribution in [0.15, 0.2) is 48.5 Å². The van der Waals surface area contributed by atoms with Crippen LogP contribution in [0.4, 0.5) is 0 Å². The minimum Gasteiger partial charge on any atom is -0.356 e. The summed E-state index contributed by atoms with van der Waals surface area (Å²) in [5.74, 6) is -2.71. The number of nitrogens with zero attached hydrogens (tertiary/aromatic N) is 4. The molecule has 0 saturated carbocycles.